The lowest BCUT2D eigenvalue weighted by atomic mass is 9.80. The Morgan fingerprint density at radius 1 is 1.25 bits per heavy atom. The van der Waals surface area contributed by atoms with Gasteiger partial charge < -0.3 is 19.5 Å². The van der Waals surface area contributed by atoms with Crippen LogP contribution in [0.2, 0.25) is 0 Å². The number of hydrogen-bond acceptors (Lipinski definition) is 6. The third-order valence-corrected chi connectivity index (χ3v) is 7.20. The Hall–Kier alpha value is -3.49. The van der Waals surface area contributed by atoms with Gasteiger partial charge in [0.1, 0.15) is 23.6 Å². The zero-order chi connectivity index (χ0) is 25.6. The quantitative estimate of drug-likeness (QED) is 0.646. The molecule has 9 heteroatoms. The Morgan fingerprint density at radius 3 is 2.67 bits per heavy atom. The summed E-state index contributed by atoms with van der Waals surface area (Å²) in [4.78, 5) is 29.1. The molecule has 0 saturated heterocycles. The fraction of sp³-hybridized carbons (Fsp3) is 0.519. The molecule has 9 nitrogen and oxygen atoms in total. The van der Waals surface area contributed by atoms with E-state index in [0.29, 0.717) is 37.0 Å². The second kappa shape index (κ2) is 9.19. The first-order valence-corrected chi connectivity index (χ1v) is 12.6. The number of aromatic nitrogens is 2. The van der Waals surface area contributed by atoms with Crippen LogP contribution in [-0.4, -0.2) is 68.5 Å². The lowest BCUT2D eigenvalue weighted by molar-refractivity contribution is -0.127. The summed E-state index contributed by atoms with van der Waals surface area (Å²) in [6.07, 6.45) is 4.85. The van der Waals surface area contributed by atoms with Gasteiger partial charge in [-0.25, -0.2) is 9.48 Å². The zero-order valence-electron chi connectivity index (χ0n) is 21.2. The van der Waals surface area contributed by atoms with Crippen molar-refractivity contribution in [3.8, 4) is 17.3 Å². The molecule has 3 aliphatic rings. The molecule has 2 aliphatic heterocycles. The maximum absolute atomic E-state index is 13.2. The molecule has 1 atom stereocenters. The van der Waals surface area contributed by atoms with Gasteiger partial charge in [-0.3, -0.25) is 9.69 Å². The second-order valence-electron chi connectivity index (χ2n) is 10.7. The molecule has 1 fully saturated rings. The normalized spacial score (nSPS) is 19.9. The minimum atomic E-state index is -0.660. The highest BCUT2D eigenvalue weighted by Gasteiger charge is 2.41. The number of phenols is 1. The standard InChI is InChI=1S/C27H34N4O5/c1-5-23(33)29-13-14-35-25-24-20(11-12-30(21(24)16-29)26(34)36-27(2,3)4)31(28-25)19-10-9-18(15-22(19)32)17-7-6-8-17/h5,9-10,15,17,21,32H,1,6-8,11-14,16H2,2-4H3. The van der Waals surface area contributed by atoms with Gasteiger partial charge in [0.25, 0.3) is 0 Å². The largest absolute Gasteiger partial charge is 0.506 e. The molecule has 5 rings (SSSR count). The van der Waals surface area contributed by atoms with E-state index in [1.165, 1.54) is 12.5 Å². The van der Waals surface area contributed by atoms with Crippen molar-refractivity contribution in [2.24, 2.45) is 0 Å². The summed E-state index contributed by atoms with van der Waals surface area (Å²) in [5.74, 6) is 0.858. The first kappa shape index (κ1) is 24.2. The number of hydrogen-bond donors (Lipinski definition) is 1. The van der Waals surface area contributed by atoms with Gasteiger partial charge in [0.2, 0.25) is 11.8 Å². The summed E-state index contributed by atoms with van der Waals surface area (Å²) < 4.78 is 13.5. The van der Waals surface area contributed by atoms with E-state index in [4.69, 9.17) is 14.6 Å². The molecule has 1 aromatic heterocycles. The topological polar surface area (TPSA) is 97.1 Å². The SMILES string of the molecule is C=CC(=O)N1CCOc2nn(-c3ccc(C4CCC4)cc3O)c3c2C(C1)N(C(=O)OC(C)(C)C)CC3. The fourth-order valence-corrected chi connectivity index (χ4v) is 5.19. The molecule has 0 bridgehead atoms. The van der Waals surface area contributed by atoms with E-state index in [1.807, 2.05) is 32.9 Å². The monoisotopic (exact) mass is 494 g/mol. The van der Waals surface area contributed by atoms with Crippen LogP contribution in [0.3, 0.4) is 0 Å². The maximum atomic E-state index is 13.2. The molecule has 1 N–H and O–H groups in total. The van der Waals surface area contributed by atoms with Gasteiger partial charge >= 0.3 is 6.09 Å². The van der Waals surface area contributed by atoms with Gasteiger partial charge in [0.15, 0.2) is 0 Å². The molecule has 2 amide bonds. The average molecular weight is 495 g/mol. The molecular weight excluding hydrogens is 460 g/mol. The summed E-state index contributed by atoms with van der Waals surface area (Å²) in [7, 11) is 0. The van der Waals surface area contributed by atoms with Crippen LogP contribution >= 0.6 is 0 Å². The van der Waals surface area contributed by atoms with Crippen molar-refractivity contribution >= 4 is 12.0 Å². The highest BCUT2D eigenvalue weighted by atomic mass is 16.6. The van der Waals surface area contributed by atoms with Crippen LogP contribution in [0.5, 0.6) is 11.6 Å². The van der Waals surface area contributed by atoms with Crippen LogP contribution in [0.1, 0.15) is 68.8 Å². The first-order chi connectivity index (χ1) is 17.2. The predicted octanol–water partition coefficient (Wildman–Crippen LogP) is 4.09. The van der Waals surface area contributed by atoms with Crippen LogP contribution in [0.25, 0.3) is 5.69 Å². The molecule has 1 aromatic carbocycles. The van der Waals surface area contributed by atoms with Gasteiger partial charge in [0, 0.05) is 19.5 Å². The van der Waals surface area contributed by atoms with Crippen molar-refractivity contribution < 1.29 is 24.2 Å². The number of carbonyl (C=O) groups is 2. The molecule has 0 spiro atoms. The number of amides is 2. The number of benzene rings is 1. The van der Waals surface area contributed by atoms with E-state index in [1.54, 1.807) is 14.5 Å². The second-order valence-corrected chi connectivity index (χ2v) is 10.7. The van der Waals surface area contributed by atoms with Crippen molar-refractivity contribution in [1.82, 2.24) is 19.6 Å². The molecule has 1 unspecified atom stereocenters. The molecule has 0 radical (unpaired) electrons. The molecule has 2 aromatic rings. The van der Waals surface area contributed by atoms with Crippen LogP contribution < -0.4 is 4.74 Å². The van der Waals surface area contributed by atoms with Gasteiger partial charge in [-0.05, 0) is 63.3 Å². The maximum Gasteiger partial charge on any atom is 0.410 e. The molecule has 36 heavy (non-hydrogen) atoms. The number of carbonyl (C=O) groups excluding carboxylic acids is 2. The van der Waals surface area contributed by atoms with Gasteiger partial charge in [-0.2, -0.15) is 0 Å². The van der Waals surface area contributed by atoms with E-state index in [2.05, 4.69) is 12.6 Å². The Kier molecular flexibility index (Phi) is 6.18. The number of phenolic OH excluding ortho intramolecular Hbond substituents is 1. The summed E-state index contributed by atoms with van der Waals surface area (Å²) in [5.41, 5.74) is 2.66. The third-order valence-electron chi connectivity index (χ3n) is 7.20. The first-order valence-electron chi connectivity index (χ1n) is 12.6. The molecular formula is C27H34N4O5. The fourth-order valence-electron chi connectivity index (χ4n) is 5.19. The number of aromatic hydroxyl groups is 1. The minimum absolute atomic E-state index is 0.167. The van der Waals surface area contributed by atoms with Crippen molar-refractivity contribution in [2.75, 3.05) is 26.2 Å². The zero-order valence-corrected chi connectivity index (χ0v) is 21.2. The Morgan fingerprint density at radius 2 is 2.03 bits per heavy atom. The molecule has 1 saturated carbocycles. The van der Waals surface area contributed by atoms with Crippen molar-refractivity contribution in [1.29, 1.82) is 0 Å². The van der Waals surface area contributed by atoms with Crippen LogP contribution in [0.4, 0.5) is 4.79 Å². The predicted molar refractivity (Wildman–Crippen MR) is 133 cm³/mol. The molecule has 192 valence electrons. The summed E-state index contributed by atoms with van der Waals surface area (Å²) in [6.45, 7) is 10.4. The van der Waals surface area contributed by atoms with Crippen molar-refractivity contribution in [2.45, 2.75) is 64.0 Å². The Balaban J connectivity index is 1.57. The van der Waals surface area contributed by atoms with Crippen LogP contribution in [-0.2, 0) is 16.0 Å². The van der Waals surface area contributed by atoms with Crippen LogP contribution in [0.15, 0.2) is 30.9 Å². The van der Waals surface area contributed by atoms with Crippen molar-refractivity contribution in [3.05, 3.63) is 47.7 Å². The van der Waals surface area contributed by atoms with Gasteiger partial charge in [-0.15, -0.1) is 5.10 Å². The average Bonchev–Trinajstić information content (AvgIpc) is 3.12. The summed E-state index contributed by atoms with van der Waals surface area (Å²) >= 11 is 0. The van der Waals surface area contributed by atoms with E-state index in [9.17, 15) is 14.7 Å². The highest BCUT2D eigenvalue weighted by Crippen LogP contribution is 2.42. The van der Waals surface area contributed by atoms with E-state index in [0.717, 1.165) is 29.7 Å². The van der Waals surface area contributed by atoms with E-state index in [-0.39, 0.29) is 24.8 Å². The Bertz CT molecular complexity index is 1190. The molecule has 1 aliphatic carbocycles. The third kappa shape index (κ3) is 4.42. The lowest BCUT2D eigenvalue weighted by Gasteiger charge is -2.40. The summed E-state index contributed by atoms with van der Waals surface area (Å²) in [5, 5.41) is 15.7. The summed E-state index contributed by atoms with van der Waals surface area (Å²) in [6, 6.07) is 5.29. The van der Waals surface area contributed by atoms with E-state index < -0.39 is 17.7 Å². The highest BCUT2D eigenvalue weighted by molar-refractivity contribution is 5.87. The Labute approximate surface area is 211 Å². The number of nitrogens with zero attached hydrogens (tertiary/aromatic N) is 4. The lowest BCUT2D eigenvalue weighted by Crippen LogP contribution is -2.49. The van der Waals surface area contributed by atoms with Gasteiger partial charge in [0.05, 0.1) is 23.8 Å². The molecule has 3 heterocycles. The van der Waals surface area contributed by atoms with E-state index >= 15 is 0 Å². The van der Waals surface area contributed by atoms with Crippen LogP contribution in [0, 0.1) is 0 Å². The van der Waals surface area contributed by atoms with Gasteiger partial charge in [-0.1, -0.05) is 19.1 Å². The minimum Gasteiger partial charge on any atom is -0.506 e. The van der Waals surface area contributed by atoms with Crippen molar-refractivity contribution in [3.63, 3.8) is 0 Å². The smallest absolute Gasteiger partial charge is 0.410 e. The number of ether oxygens (including phenoxy) is 2. The number of rotatable bonds is 3.